The predicted octanol–water partition coefficient (Wildman–Crippen LogP) is 4.33. The molecule has 2 aromatic carbocycles. The third kappa shape index (κ3) is 6.94. The van der Waals surface area contributed by atoms with Crippen LogP contribution in [0, 0.1) is 5.41 Å². The molecule has 0 spiro atoms. The summed E-state index contributed by atoms with van der Waals surface area (Å²) in [5.41, 5.74) is 0.288. The Morgan fingerprint density at radius 3 is 2.09 bits per heavy atom. The molecular weight excluding hydrogens is 420 g/mol. The summed E-state index contributed by atoms with van der Waals surface area (Å²) in [5, 5.41) is 5.74. The Morgan fingerprint density at radius 1 is 0.909 bits per heavy atom. The fourth-order valence-electron chi connectivity index (χ4n) is 2.66. The van der Waals surface area contributed by atoms with E-state index in [9.17, 15) is 14.4 Å². The molecule has 7 heteroatoms. The second-order valence-electron chi connectivity index (χ2n) is 9.21. The van der Waals surface area contributed by atoms with Gasteiger partial charge in [-0.2, -0.15) is 0 Å². The van der Waals surface area contributed by atoms with Gasteiger partial charge in [0.05, 0.1) is 7.11 Å². The first kappa shape index (κ1) is 25.6. The molecule has 2 N–H and O–H groups in total. The van der Waals surface area contributed by atoms with Gasteiger partial charge in [-0.1, -0.05) is 45.0 Å². The van der Waals surface area contributed by atoms with Gasteiger partial charge in [0.15, 0.2) is 11.5 Å². The SMILES string of the molecule is COc1cc(C=C(NC(=O)c2ccccc2)C(=O)NC(C)(C)C(C)(C)C)ccc1OC(C)=O. The first-order valence-electron chi connectivity index (χ1n) is 10.6. The van der Waals surface area contributed by atoms with E-state index in [0.29, 0.717) is 16.9 Å². The number of hydrogen-bond donors (Lipinski definition) is 2. The molecule has 0 bridgehead atoms. The van der Waals surface area contributed by atoms with Gasteiger partial charge in [-0.3, -0.25) is 14.4 Å². The van der Waals surface area contributed by atoms with Gasteiger partial charge < -0.3 is 20.1 Å². The van der Waals surface area contributed by atoms with Crippen LogP contribution in [0.5, 0.6) is 11.5 Å². The lowest BCUT2D eigenvalue weighted by Gasteiger charge is -2.39. The molecule has 2 aromatic rings. The van der Waals surface area contributed by atoms with Crippen LogP contribution in [0.1, 0.15) is 57.5 Å². The minimum absolute atomic E-state index is 0.0727. The number of carbonyl (C=O) groups excluding carboxylic acids is 3. The van der Waals surface area contributed by atoms with Crippen LogP contribution in [-0.2, 0) is 9.59 Å². The van der Waals surface area contributed by atoms with Crippen LogP contribution in [0.4, 0.5) is 0 Å². The summed E-state index contributed by atoms with van der Waals surface area (Å²) < 4.78 is 10.4. The van der Waals surface area contributed by atoms with Crippen molar-refractivity contribution in [1.29, 1.82) is 0 Å². The first-order chi connectivity index (χ1) is 15.3. The Labute approximate surface area is 195 Å². The molecule has 33 heavy (non-hydrogen) atoms. The number of carbonyl (C=O) groups is 3. The Kier molecular flexibility index (Phi) is 8.03. The first-order valence-corrected chi connectivity index (χ1v) is 10.6. The summed E-state index contributed by atoms with van der Waals surface area (Å²) >= 11 is 0. The van der Waals surface area contributed by atoms with Gasteiger partial charge in [0, 0.05) is 18.0 Å². The van der Waals surface area contributed by atoms with Gasteiger partial charge in [-0.05, 0) is 55.2 Å². The van der Waals surface area contributed by atoms with Crippen molar-refractivity contribution in [2.24, 2.45) is 5.41 Å². The maximum atomic E-state index is 13.2. The minimum Gasteiger partial charge on any atom is -0.493 e. The second-order valence-corrected chi connectivity index (χ2v) is 9.21. The van der Waals surface area contributed by atoms with Crippen LogP contribution in [0.15, 0.2) is 54.2 Å². The van der Waals surface area contributed by atoms with Crippen LogP contribution >= 0.6 is 0 Å². The summed E-state index contributed by atoms with van der Waals surface area (Å²) in [5.74, 6) is -0.731. The molecule has 0 heterocycles. The number of hydrogen-bond acceptors (Lipinski definition) is 5. The smallest absolute Gasteiger partial charge is 0.308 e. The van der Waals surface area contributed by atoms with Gasteiger partial charge in [0.25, 0.3) is 11.8 Å². The summed E-state index contributed by atoms with van der Waals surface area (Å²) in [6, 6.07) is 13.5. The molecule has 0 aromatic heterocycles. The van der Waals surface area contributed by atoms with E-state index in [1.165, 1.54) is 14.0 Å². The quantitative estimate of drug-likeness (QED) is 0.370. The van der Waals surface area contributed by atoms with E-state index >= 15 is 0 Å². The van der Waals surface area contributed by atoms with Crippen molar-refractivity contribution in [3.05, 3.63) is 65.4 Å². The van der Waals surface area contributed by atoms with E-state index in [1.54, 1.807) is 48.5 Å². The maximum absolute atomic E-state index is 13.2. The van der Waals surface area contributed by atoms with Crippen molar-refractivity contribution in [2.45, 2.75) is 47.1 Å². The molecule has 0 aliphatic heterocycles. The molecule has 176 valence electrons. The van der Waals surface area contributed by atoms with Crippen molar-refractivity contribution in [3.63, 3.8) is 0 Å². The molecule has 0 unspecified atom stereocenters. The zero-order chi connectivity index (χ0) is 24.8. The standard InChI is InChI=1S/C26H32N2O5/c1-17(29)33-21-14-13-18(16-22(21)32-7)15-20(24(31)28-26(5,6)25(2,3)4)27-23(30)19-11-9-8-10-12-19/h8-16H,1-7H3,(H,27,30)(H,28,31). The molecule has 0 aliphatic carbocycles. The lowest BCUT2D eigenvalue weighted by atomic mass is 9.76. The summed E-state index contributed by atoms with van der Waals surface area (Å²) in [4.78, 5) is 37.4. The minimum atomic E-state index is -0.558. The number of amides is 2. The summed E-state index contributed by atoms with van der Waals surface area (Å²) in [7, 11) is 1.45. The van der Waals surface area contributed by atoms with Gasteiger partial charge >= 0.3 is 5.97 Å². The molecule has 7 nitrogen and oxygen atoms in total. The fraction of sp³-hybridized carbons (Fsp3) is 0.346. The highest BCUT2D eigenvalue weighted by molar-refractivity contribution is 6.05. The van der Waals surface area contributed by atoms with E-state index < -0.39 is 23.3 Å². The van der Waals surface area contributed by atoms with Crippen LogP contribution in [-0.4, -0.2) is 30.4 Å². The highest BCUT2D eigenvalue weighted by Gasteiger charge is 2.35. The second kappa shape index (κ2) is 10.3. The maximum Gasteiger partial charge on any atom is 0.308 e. The van der Waals surface area contributed by atoms with Gasteiger partial charge in [-0.25, -0.2) is 0 Å². The van der Waals surface area contributed by atoms with Crippen molar-refractivity contribution < 1.29 is 23.9 Å². The Hall–Kier alpha value is -3.61. The van der Waals surface area contributed by atoms with Gasteiger partial charge in [0.2, 0.25) is 0 Å². The van der Waals surface area contributed by atoms with Crippen LogP contribution in [0.2, 0.25) is 0 Å². The molecule has 2 rings (SSSR count). The molecule has 0 radical (unpaired) electrons. The van der Waals surface area contributed by atoms with E-state index in [0.717, 1.165) is 0 Å². The number of rotatable bonds is 7. The zero-order valence-corrected chi connectivity index (χ0v) is 20.2. The number of methoxy groups -OCH3 is 1. The lowest BCUT2D eigenvalue weighted by Crippen LogP contribution is -2.54. The van der Waals surface area contributed by atoms with Crippen molar-refractivity contribution in [3.8, 4) is 11.5 Å². The number of benzene rings is 2. The molecule has 0 saturated heterocycles. The Balaban J connectivity index is 2.45. The molecule has 0 saturated carbocycles. The predicted molar refractivity (Wildman–Crippen MR) is 128 cm³/mol. The van der Waals surface area contributed by atoms with E-state index in [1.807, 2.05) is 40.7 Å². The third-order valence-corrected chi connectivity index (χ3v) is 5.58. The number of esters is 1. The largest absolute Gasteiger partial charge is 0.493 e. The topological polar surface area (TPSA) is 93.7 Å². The van der Waals surface area contributed by atoms with Crippen LogP contribution < -0.4 is 20.1 Å². The molecule has 2 amide bonds. The fourth-order valence-corrected chi connectivity index (χ4v) is 2.66. The molecule has 0 aliphatic rings. The highest BCUT2D eigenvalue weighted by Crippen LogP contribution is 2.31. The Morgan fingerprint density at radius 2 is 1.55 bits per heavy atom. The van der Waals surface area contributed by atoms with E-state index in [4.69, 9.17) is 9.47 Å². The highest BCUT2D eigenvalue weighted by atomic mass is 16.6. The summed E-state index contributed by atoms with van der Waals surface area (Å²) in [6.07, 6.45) is 1.55. The number of nitrogens with one attached hydrogen (secondary N) is 2. The Bertz CT molecular complexity index is 1050. The average Bonchev–Trinajstić information content (AvgIpc) is 2.73. The zero-order valence-electron chi connectivity index (χ0n) is 20.2. The van der Waals surface area contributed by atoms with Crippen molar-refractivity contribution in [2.75, 3.05) is 7.11 Å². The normalized spacial score (nSPS) is 12.0. The molecule has 0 fully saturated rings. The van der Waals surface area contributed by atoms with Crippen molar-refractivity contribution >= 4 is 23.9 Å². The van der Waals surface area contributed by atoms with E-state index in [-0.39, 0.29) is 16.9 Å². The third-order valence-electron chi connectivity index (χ3n) is 5.58. The van der Waals surface area contributed by atoms with Gasteiger partial charge in [-0.15, -0.1) is 0 Å². The van der Waals surface area contributed by atoms with E-state index in [2.05, 4.69) is 10.6 Å². The average molecular weight is 453 g/mol. The number of ether oxygens (including phenoxy) is 2. The van der Waals surface area contributed by atoms with Crippen LogP contribution in [0.25, 0.3) is 6.08 Å². The monoisotopic (exact) mass is 452 g/mol. The van der Waals surface area contributed by atoms with Crippen molar-refractivity contribution in [1.82, 2.24) is 10.6 Å². The molecule has 0 atom stereocenters. The van der Waals surface area contributed by atoms with Crippen LogP contribution in [0.3, 0.4) is 0 Å². The van der Waals surface area contributed by atoms with Gasteiger partial charge in [0.1, 0.15) is 5.70 Å². The summed E-state index contributed by atoms with van der Waals surface area (Å²) in [6.45, 7) is 11.2. The molecular formula is C26H32N2O5. The lowest BCUT2D eigenvalue weighted by molar-refractivity contribution is -0.132.